The molecule has 1 aliphatic rings. The van der Waals surface area contributed by atoms with Gasteiger partial charge in [0.2, 0.25) is 11.2 Å². The minimum absolute atomic E-state index is 0.0439. The second kappa shape index (κ2) is 13.4. The minimum Gasteiger partial charge on any atom is -0.507 e. The number of hydrogen-bond acceptors (Lipinski definition) is 7. The third kappa shape index (κ3) is 6.66. The number of aryl methyl sites for hydroxylation is 2. The molecule has 0 spiro atoms. The number of methoxy groups -OCH3 is 1. The Morgan fingerprint density at radius 2 is 1.13 bits per heavy atom. The van der Waals surface area contributed by atoms with Gasteiger partial charge >= 0.3 is 0 Å². The van der Waals surface area contributed by atoms with Crippen LogP contribution in [-0.4, -0.2) is 40.5 Å². The van der Waals surface area contributed by atoms with Crippen LogP contribution in [0.1, 0.15) is 61.3 Å². The van der Waals surface area contributed by atoms with Gasteiger partial charge in [0.25, 0.3) is 10.1 Å². The first-order valence-electron chi connectivity index (χ1n) is 16.7. The van der Waals surface area contributed by atoms with Crippen LogP contribution in [-0.2, 0) is 42.8 Å². The fraction of sp³-hybridized carbons (Fsp3) is 0.167. The molecule has 6 aromatic rings. The Hall–Kier alpha value is -5.84. The van der Waals surface area contributed by atoms with Gasteiger partial charge < -0.3 is 25.2 Å². The van der Waals surface area contributed by atoms with E-state index in [1.807, 2.05) is 74.7 Å². The molecule has 0 aliphatic heterocycles. The molecule has 1 heterocycles. The van der Waals surface area contributed by atoms with Crippen molar-refractivity contribution < 1.29 is 42.7 Å². The van der Waals surface area contributed by atoms with Crippen molar-refractivity contribution in [2.45, 2.75) is 37.5 Å². The summed E-state index contributed by atoms with van der Waals surface area (Å²) in [5.74, 6) is 0.500. The van der Waals surface area contributed by atoms with E-state index < -0.39 is 15.0 Å². The molecule has 264 valence electrons. The van der Waals surface area contributed by atoms with Crippen LogP contribution in [0.3, 0.4) is 0 Å². The molecule has 1 aromatic heterocycles. The number of para-hydroxylation sites is 1. The van der Waals surface area contributed by atoms with E-state index in [-0.39, 0.29) is 59.8 Å². The van der Waals surface area contributed by atoms with Gasteiger partial charge in [-0.25, -0.2) is 0 Å². The SMILES string of the molecule is COc1ccc2c(ccc(/C=C/c3cc4c(O)c(c3)Cc3cc(C)cc(c3O)Cc3cc(S(=O)(=O)O)cc(c3O)Cc3cccc(c3O)C4)[n+]2C)c1. The molecule has 0 unspecified atom stereocenters. The zero-order valence-corrected chi connectivity index (χ0v) is 29.7. The van der Waals surface area contributed by atoms with E-state index in [0.29, 0.717) is 33.4 Å². The highest BCUT2D eigenvalue weighted by atomic mass is 32.2. The Labute approximate surface area is 301 Å². The number of pyridine rings is 1. The molecule has 10 heteroatoms. The highest BCUT2D eigenvalue weighted by Gasteiger charge is 2.23. The Balaban J connectivity index is 1.39. The zero-order chi connectivity index (χ0) is 36.9. The smallest absolute Gasteiger partial charge is 0.294 e. The highest BCUT2D eigenvalue weighted by molar-refractivity contribution is 7.85. The molecule has 5 aromatic carbocycles. The second-order valence-corrected chi connectivity index (χ2v) is 14.8. The molecular weight excluding hydrogens is 679 g/mol. The number of benzene rings is 5. The third-order valence-electron chi connectivity index (χ3n) is 9.83. The molecule has 0 radical (unpaired) electrons. The lowest BCUT2D eigenvalue weighted by Crippen LogP contribution is -2.32. The van der Waals surface area contributed by atoms with E-state index in [1.54, 1.807) is 31.4 Å². The second-order valence-electron chi connectivity index (χ2n) is 13.4. The first-order valence-corrected chi connectivity index (χ1v) is 18.2. The van der Waals surface area contributed by atoms with Crippen molar-refractivity contribution in [3.8, 4) is 28.7 Å². The maximum atomic E-state index is 12.3. The molecule has 0 atom stereocenters. The molecule has 5 N–H and O–H groups in total. The van der Waals surface area contributed by atoms with Gasteiger partial charge in [0.15, 0.2) is 0 Å². The van der Waals surface area contributed by atoms with E-state index in [9.17, 15) is 33.4 Å². The van der Waals surface area contributed by atoms with Gasteiger partial charge in [-0.3, -0.25) is 4.55 Å². The van der Waals surface area contributed by atoms with E-state index in [4.69, 9.17) is 4.74 Å². The van der Waals surface area contributed by atoms with Crippen molar-refractivity contribution in [1.82, 2.24) is 0 Å². The predicted octanol–water partition coefficient (Wildman–Crippen LogP) is 6.90. The van der Waals surface area contributed by atoms with Crippen molar-refractivity contribution in [2.24, 2.45) is 7.05 Å². The number of nitrogens with zero attached hydrogens (tertiary/aromatic N) is 1. The van der Waals surface area contributed by atoms with Gasteiger partial charge in [0.1, 0.15) is 35.8 Å². The van der Waals surface area contributed by atoms with E-state index >= 15 is 0 Å². The summed E-state index contributed by atoms with van der Waals surface area (Å²) in [6.07, 6.45) is 4.17. The summed E-state index contributed by atoms with van der Waals surface area (Å²) in [4.78, 5) is -0.405. The van der Waals surface area contributed by atoms with Crippen molar-refractivity contribution in [3.05, 3.63) is 146 Å². The summed E-state index contributed by atoms with van der Waals surface area (Å²) < 4.78 is 42.0. The van der Waals surface area contributed by atoms with Crippen molar-refractivity contribution in [2.75, 3.05) is 7.11 Å². The number of aromatic nitrogens is 1. The summed E-state index contributed by atoms with van der Waals surface area (Å²) >= 11 is 0. The first-order chi connectivity index (χ1) is 24.8. The fourth-order valence-electron chi connectivity index (χ4n) is 7.13. The molecular formula is C42H38NO8S+. The first kappa shape index (κ1) is 34.6. The Morgan fingerprint density at radius 1 is 0.635 bits per heavy atom. The summed E-state index contributed by atoms with van der Waals surface area (Å²) in [6.45, 7) is 1.87. The van der Waals surface area contributed by atoms with Crippen LogP contribution in [0.25, 0.3) is 23.1 Å². The largest absolute Gasteiger partial charge is 0.507 e. The molecule has 9 nitrogen and oxygen atoms in total. The van der Waals surface area contributed by atoms with Crippen molar-refractivity contribution in [1.29, 1.82) is 0 Å². The normalized spacial score (nSPS) is 13.1. The Kier molecular flexibility index (Phi) is 8.90. The Morgan fingerprint density at radius 3 is 1.67 bits per heavy atom. The van der Waals surface area contributed by atoms with Crippen LogP contribution in [0.15, 0.2) is 89.8 Å². The Bertz CT molecular complexity index is 2560. The predicted molar refractivity (Wildman–Crippen MR) is 199 cm³/mol. The van der Waals surface area contributed by atoms with Crippen molar-refractivity contribution in [3.63, 3.8) is 0 Å². The van der Waals surface area contributed by atoms with Gasteiger partial charge in [0.05, 0.1) is 17.4 Å². The molecule has 0 amide bonds. The zero-order valence-electron chi connectivity index (χ0n) is 28.9. The average molecular weight is 717 g/mol. The van der Waals surface area contributed by atoms with Gasteiger partial charge in [-0.1, -0.05) is 35.9 Å². The van der Waals surface area contributed by atoms with Gasteiger partial charge in [-0.15, -0.1) is 0 Å². The summed E-state index contributed by atoms with van der Waals surface area (Å²) in [6, 6.07) is 24.8. The lowest BCUT2D eigenvalue weighted by Gasteiger charge is -2.18. The number of ether oxygens (including phenoxy) is 1. The van der Waals surface area contributed by atoms with Crippen molar-refractivity contribution >= 4 is 33.2 Å². The number of phenolic OH excluding ortho intramolecular Hbond substituents is 4. The molecule has 7 rings (SSSR count). The van der Waals surface area contributed by atoms with Gasteiger partial charge in [-0.05, 0) is 94.4 Å². The summed E-state index contributed by atoms with van der Waals surface area (Å²) in [5, 5.41) is 47.2. The lowest BCUT2D eigenvalue weighted by atomic mass is 9.90. The summed E-state index contributed by atoms with van der Waals surface area (Å²) in [7, 11) is -1.02. The number of hydrogen-bond donors (Lipinski definition) is 5. The highest BCUT2D eigenvalue weighted by Crippen LogP contribution is 2.39. The monoisotopic (exact) mass is 716 g/mol. The fourth-order valence-corrected chi connectivity index (χ4v) is 7.71. The van der Waals surface area contributed by atoms with Gasteiger partial charge in [-0.2, -0.15) is 13.0 Å². The number of phenols is 4. The number of rotatable bonds is 4. The molecule has 0 fully saturated rings. The van der Waals surface area contributed by atoms with Crippen LogP contribution < -0.4 is 9.30 Å². The molecule has 1 aliphatic carbocycles. The van der Waals surface area contributed by atoms with Crippen LogP contribution >= 0.6 is 0 Å². The number of aromatic hydroxyl groups is 4. The van der Waals surface area contributed by atoms with E-state index in [2.05, 4.69) is 4.57 Å². The van der Waals surface area contributed by atoms with Crippen LogP contribution in [0.2, 0.25) is 0 Å². The van der Waals surface area contributed by atoms with E-state index in [0.717, 1.165) is 33.5 Å². The number of fused-ring (bicyclic) bond motifs is 9. The minimum atomic E-state index is -4.65. The third-order valence-corrected chi connectivity index (χ3v) is 10.7. The maximum absolute atomic E-state index is 12.3. The average Bonchev–Trinajstić information content (AvgIpc) is 3.10. The maximum Gasteiger partial charge on any atom is 0.294 e. The van der Waals surface area contributed by atoms with Crippen LogP contribution in [0, 0.1) is 6.92 Å². The molecule has 52 heavy (non-hydrogen) atoms. The van der Waals surface area contributed by atoms with Crippen LogP contribution in [0.4, 0.5) is 0 Å². The molecule has 0 saturated heterocycles. The quantitative estimate of drug-likeness (QED) is 0.0977. The molecule has 0 saturated carbocycles. The lowest BCUT2D eigenvalue weighted by molar-refractivity contribution is -0.646. The standard InChI is InChI=1S/C42H37NO8S/c1-24-13-29-19-32-16-25(7-9-35-10-8-26-21-36(51-3)11-12-38(26)43(35)2)15-31(41(32)46)17-27-5-4-6-28(39(27)44)18-33-22-37(52(48,49)50)23-34(42(33)47)20-30(14-24)40(29)45/h4-16,21-23H,17-20H2,1-3H3,(H4,44,45,47,48,49,50)/p+1. The van der Waals surface area contributed by atoms with Crippen LogP contribution in [0.5, 0.6) is 28.7 Å². The van der Waals surface area contributed by atoms with E-state index in [1.165, 1.54) is 12.1 Å². The summed E-state index contributed by atoms with van der Waals surface area (Å²) in [5.41, 5.74) is 6.92. The topological polar surface area (TPSA) is 148 Å². The molecule has 8 bridgehead atoms. The van der Waals surface area contributed by atoms with Gasteiger partial charge in [0, 0.05) is 55.0 Å².